The molecule has 0 aliphatic carbocycles. The van der Waals surface area contributed by atoms with Gasteiger partial charge in [-0.2, -0.15) is 0 Å². The minimum atomic E-state index is -3.39. The highest BCUT2D eigenvalue weighted by atomic mass is 32.2. The molecule has 0 saturated carbocycles. The van der Waals surface area contributed by atoms with Crippen molar-refractivity contribution in [1.29, 1.82) is 0 Å². The lowest BCUT2D eigenvalue weighted by molar-refractivity contribution is 0.278. The summed E-state index contributed by atoms with van der Waals surface area (Å²) in [7, 11) is -1.41. The summed E-state index contributed by atoms with van der Waals surface area (Å²) >= 11 is 1.47. The second kappa shape index (κ2) is 8.24. The topological polar surface area (TPSA) is 61.4 Å². The van der Waals surface area contributed by atoms with Gasteiger partial charge in [-0.15, -0.1) is 11.3 Å². The highest BCUT2D eigenvalue weighted by Crippen LogP contribution is 2.19. The monoisotopic (exact) mass is 333 g/mol. The van der Waals surface area contributed by atoms with Gasteiger partial charge in [0.05, 0.1) is 4.90 Å². The standard InChI is InChI=1S/C14H27N3O2S2/c1-11(2)15-9-13-8-14(10-20-13)21(18,19)16-6-7-17(5)12(3)4/h8,10-12,15-16H,6-7,9H2,1-5H3. The Kier molecular flexibility index (Phi) is 7.29. The van der Waals surface area contributed by atoms with Gasteiger partial charge >= 0.3 is 0 Å². The Bertz CT molecular complexity index is 524. The van der Waals surface area contributed by atoms with Gasteiger partial charge in [-0.1, -0.05) is 13.8 Å². The molecular weight excluding hydrogens is 306 g/mol. The highest BCUT2D eigenvalue weighted by Gasteiger charge is 2.16. The van der Waals surface area contributed by atoms with Crippen LogP contribution in [-0.4, -0.2) is 45.5 Å². The van der Waals surface area contributed by atoms with Crippen LogP contribution in [0.2, 0.25) is 0 Å². The molecule has 1 aromatic rings. The van der Waals surface area contributed by atoms with E-state index in [0.717, 1.165) is 4.88 Å². The first-order valence-corrected chi connectivity index (χ1v) is 9.59. The van der Waals surface area contributed by atoms with Crippen molar-refractivity contribution in [1.82, 2.24) is 14.9 Å². The number of rotatable bonds is 9. The third-order valence-corrected chi connectivity index (χ3v) is 5.79. The van der Waals surface area contributed by atoms with Crippen LogP contribution < -0.4 is 10.0 Å². The Hall–Kier alpha value is -0.470. The SMILES string of the molecule is CC(C)NCc1cc(S(=O)(=O)NCCN(C)C(C)C)cs1. The molecule has 0 amide bonds. The molecular formula is C14H27N3O2S2. The summed E-state index contributed by atoms with van der Waals surface area (Å²) in [4.78, 5) is 3.50. The van der Waals surface area contributed by atoms with Crippen LogP contribution in [0.25, 0.3) is 0 Å². The van der Waals surface area contributed by atoms with Gasteiger partial charge in [0.25, 0.3) is 0 Å². The average molecular weight is 334 g/mol. The minimum absolute atomic E-state index is 0.361. The maximum atomic E-state index is 12.2. The molecule has 0 spiro atoms. The van der Waals surface area contributed by atoms with E-state index in [9.17, 15) is 8.42 Å². The van der Waals surface area contributed by atoms with Crippen LogP contribution in [0.1, 0.15) is 32.6 Å². The first kappa shape index (κ1) is 18.6. The molecule has 0 unspecified atom stereocenters. The van der Waals surface area contributed by atoms with Crippen molar-refractivity contribution in [2.75, 3.05) is 20.1 Å². The van der Waals surface area contributed by atoms with E-state index in [4.69, 9.17) is 0 Å². The summed E-state index contributed by atoms with van der Waals surface area (Å²) in [5, 5.41) is 4.99. The van der Waals surface area contributed by atoms with E-state index < -0.39 is 10.0 Å². The largest absolute Gasteiger partial charge is 0.310 e. The van der Waals surface area contributed by atoms with Crippen molar-refractivity contribution in [3.8, 4) is 0 Å². The second-order valence-electron chi connectivity index (χ2n) is 5.76. The maximum absolute atomic E-state index is 12.2. The molecule has 0 atom stereocenters. The molecule has 0 aromatic carbocycles. The van der Waals surface area contributed by atoms with Gasteiger partial charge in [-0.25, -0.2) is 13.1 Å². The summed E-state index contributed by atoms with van der Waals surface area (Å²) in [6, 6.07) is 2.54. The van der Waals surface area contributed by atoms with Gasteiger partial charge in [-0.3, -0.25) is 0 Å². The smallest absolute Gasteiger partial charge is 0.241 e. The van der Waals surface area contributed by atoms with Gasteiger partial charge in [0.15, 0.2) is 0 Å². The first-order chi connectivity index (χ1) is 9.72. The van der Waals surface area contributed by atoms with Crippen molar-refractivity contribution in [3.63, 3.8) is 0 Å². The number of hydrogen-bond donors (Lipinski definition) is 2. The van der Waals surface area contributed by atoms with Gasteiger partial charge in [0.2, 0.25) is 10.0 Å². The molecule has 2 N–H and O–H groups in total. The van der Waals surface area contributed by atoms with E-state index in [-0.39, 0.29) is 0 Å². The summed E-state index contributed by atoms with van der Waals surface area (Å²) < 4.78 is 27.0. The molecule has 21 heavy (non-hydrogen) atoms. The second-order valence-corrected chi connectivity index (χ2v) is 8.52. The predicted molar refractivity (Wildman–Crippen MR) is 89.2 cm³/mol. The molecule has 0 aliphatic rings. The lowest BCUT2D eigenvalue weighted by atomic mass is 10.3. The van der Waals surface area contributed by atoms with E-state index in [1.165, 1.54) is 11.3 Å². The zero-order chi connectivity index (χ0) is 16.0. The summed E-state index contributed by atoms with van der Waals surface area (Å²) in [5.74, 6) is 0. The summed E-state index contributed by atoms with van der Waals surface area (Å²) in [5.41, 5.74) is 0. The molecule has 5 nitrogen and oxygen atoms in total. The Balaban J connectivity index is 2.54. The van der Waals surface area contributed by atoms with Crippen LogP contribution >= 0.6 is 11.3 Å². The van der Waals surface area contributed by atoms with Crippen LogP contribution in [0.3, 0.4) is 0 Å². The van der Waals surface area contributed by atoms with Gasteiger partial charge in [0, 0.05) is 42.0 Å². The van der Waals surface area contributed by atoms with Gasteiger partial charge in [0.1, 0.15) is 0 Å². The fraction of sp³-hybridized carbons (Fsp3) is 0.714. The van der Waals surface area contributed by atoms with Crippen molar-refractivity contribution >= 4 is 21.4 Å². The quantitative estimate of drug-likeness (QED) is 0.724. The van der Waals surface area contributed by atoms with Crippen LogP contribution in [0.15, 0.2) is 16.3 Å². The van der Waals surface area contributed by atoms with E-state index in [0.29, 0.717) is 36.6 Å². The number of sulfonamides is 1. The van der Waals surface area contributed by atoms with Crippen LogP contribution in [-0.2, 0) is 16.6 Å². The van der Waals surface area contributed by atoms with Gasteiger partial charge in [-0.05, 0) is 27.0 Å². The van der Waals surface area contributed by atoms with E-state index in [2.05, 4.69) is 42.6 Å². The third-order valence-electron chi connectivity index (χ3n) is 3.26. The number of hydrogen-bond acceptors (Lipinski definition) is 5. The summed E-state index contributed by atoms with van der Waals surface area (Å²) in [6.45, 7) is 10.1. The summed E-state index contributed by atoms with van der Waals surface area (Å²) in [6.07, 6.45) is 0. The number of nitrogens with zero attached hydrogens (tertiary/aromatic N) is 1. The third kappa shape index (κ3) is 6.44. The Morgan fingerprint density at radius 2 is 1.95 bits per heavy atom. The number of thiophene rings is 1. The number of nitrogens with one attached hydrogen (secondary N) is 2. The lowest BCUT2D eigenvalue weighted by Gasteiger charge is -2.20. The Labute approximate surface area is 132 Å². The average Bonchev–Trinajstić information content (AvgIpc) is 2.85. The Morgan fingerprint density at radius 3 is 2.52 bits per heavy atom. The van der Waals surface area contributed by atoms with Crippen molar-refractivity contribution in [3.05, 3.63) is 16.3 Å². The van der Waals surface area contributed by atoms with Crippen LogP contribution in [0, 0.1) is 0 Å². The molecule has 7 heteroatoms. The molecule has 0 aliphatic heterocycles. The van der Waals surface area contributed by atoms with E-state index >= 15 is 0 Å². The molecule has 1 rings (SSSR count). The normalized spacial score (nSPS) is 12.8. The Morgan fingerprint density at radius 1 is 1.29 bits per heavy atom. The fourth-order valence-electron chi connectivity index (χ4n) is 1.60. The molecule has 1 aromatic heterocycles. The van der Waals surface area contributed by atoms with E-state index in [1.807, 2.05) is 7.05 Å². The predicted octanol–water partition coefficient (Wildman–Crippen LogP) is 1.86. The minimum Gasteiger partial charge on any atom is -0.310 e. The molecule has 0 bridgehead atoms. The molecule has 0 saturated heterocycles. The van der Waals surface area contributed by atoms with Crippen LogP contribution in [0.4, 0.5) is 0 Å². The molecule has 122 valence electrons. The maximum Gasteiger partial charge on any atom is 0.241 e. The van der Waals surface area contributed by atoms with Crippen molar-refractivity contribution in [2.24, 2.45) is 0 Å². The first-order valence-electron chi connectivity index (χ1n) is 7.23. The molecule has 1 heterocycles. The van der Waals surface area contributed by atoms with Crippen molar-refractivity contribution < 1.29 is 8.42 Å². The number of likely N-dealkylation sites (N-methyl/N-ethyl adjacent to an activating group) is 1. The van der Waals surface area contributed by atoms with E-state index in [1.54, 1.807) is 11.4 Å². The fourth-order valence-corrected chi connectivity index (χ4v) is 3.84. The van der Waals surface area contributed by atoms with Gasteiger partial charge < -0.3 is 10.2 Å². The highest BCUT2D eigenvalue weighted by molar-refractivity contribution is 7.89. The van der Waals surface area contributed by atoms with Crippen molar-refractivity contribution in [2.45, 2.75) is 51.2 Å². The molecule has 0 radical (unpaired) electrons. The molecule has 0 fully saturated rings. The zero-order valence-electron chi connectivity index (χ0n) is 13.5. The zero-order valence-corrected chi connectivity index (χ0v) is 15.1. The lowest BCUT2D eigenvalue weighted by Crippen LogP contribution is -2.36. The van der Waals surface area contributed by atoms with Crippen LogP contribution in [0.5, 0.6) is 0 Å².